The van der Waals surface area contributed by atoms with Gasteiger partial charge >= 0.3 is 0 Å². The van der Waals surface area contributed by atoms with E-state index in [0.29, 0.717) is 0 Å². The second kappa shape index (κ2) is 2.28. The van der Waals surface area contributed by atoms with E-state index in [2.05, 4.69) is 11.3 Å². The van der Waals surface area contributed by atoms with Crippen LogP contribution < -0.4 is 0 Å². The Kier molecular flexibility index (Phi) is 1.65. The zero-order valence-corrected chi connectivity index (χ0v) is 4.05. The van der Waals surface area contributed by atoms with Gasteiger partial charge in [-0.2, -0.15) is 0 Å². The number of ether oxygens (including phenoxy) is 1. The minimum absolute atomic E-state index is 0.575. The molecule has 0 saturated carbocycles. The maximum Gasteiger partial charge on any atom is 0.155 e. The van der Waals surface area contributed by atoms with Gasteiger partial charge in [-0.15, -0.1) is 0 Å². The van der Waals surface area contributed by atoms with Crippen LogP contribution in [0.25, 0.3) is 0 Å². The van der Waals surface area contributed by atoms with Gasteiger partial charge in [0.15, 0.2) is 6.29 Å². The molecule has 0 aliphatic carbocycles. The third-order valence-electron chi connectivity index (χ3n) is 0.949. The lowest BCUT2D eigenvalue weighted by Gasteiger charge is -2.14. The van der Waals surface area contributed by atoms with E-state index < -0.39 is 6.29 Å². The third-order valence-corrected chi connectivity index (χ3v) is 0.949. The molecule has 1 N–H and O–H groups in total. The van der Waals surface area contributed by atoms with Crippen LogP contribution >= 0.6 is 0 Å². The van der Waals surface area contributed by atoms with Gasteiger partial charge in [-0.25, -0.2) is 0 Å². The standard InChI is InChI=1S/C5H8O2/c6-5-3-1-2-4-7-5/h5-6H,1-3H2. The van der Waals surface area contributed by atoms with Crippen molar-refractivity contribution in [3.63, 3.8) is 0 Å². The maximum atomic E-state index is 8.62. The molecule has 7 heavy (non-hydrogen) atoms. The van der Waals surface area contributed by atoms with Crippen molar-refractivity contribution in [3.05, 3.63) is 6.61 Å². The summed E-state index contributed by atoms with van der Waals surface area (Å²) in [5.74, 6) is 0. The van der Waals surface area contributed by atoms with Crippen LogP contribution in [0.15, 0.2) is 0 Å². The molecule has 2 heteroatoms. The minimum Gasteiger partial charge on any atom is -0.368 e. The van der Waals surface area contributed by atoms with Crippen LogP contribution in [0, 0.1) is 6.61 Å². The van der Waals surface area contributed by atoms with Gasteiger partial charge in [-0.05, 0) is 19.3 Å². The Balaban J connectivity index is 2.12. The van der Waals surface area contributed by atoms with Gasteiger partial charge in [0.05, 0.1) is 0 Å². The molecule has 1 aliphatic rings. The topological polar surface area (TPSA) is 29.5 Å². The highest BCUT2D eigenvalue weighted by molar-refractivity contribution is 4.59. The summed E-state index contributed by atoms with van der Waals surface area (Å²) in [6.07, 6.45) is 2.04. The van der Waals surface area contributed by atoms with Gasteiger partial charge in [-0.1, -0.05) is 0 Å². The van der Waals surface area contributed by atoms with Gasteiger partial charge < -0.3 is 9.84 Å². The highest BCUT2D eigenvalue weighted by Gasteiger charge is 2.09. The van der Waals surface area contributed by atoms with Crippen molar-refractivity contribution in [1.82, 2.24) is 0 Å². The van der Waals surface area contributed by atoms with Gasteiger partial charge in [-0.3, -0.25) is 0 Å². The van der Waals surface area contributed by atoms with Crippen molar-refractivity contribution >= 4 is 0 Å². The van der Waals surface area contributed by atoms with E-state index in [1.165, 1.54) is 0 Å². The van der Waals surface area contributed by atoms with E-state index in [9.17, 15) is 0 Å². The molecule has 1 unspecified atom stereocenters. The zero-order chi connectivity index (χ0) is 5.11. The summed E-state index contributed by atoms with van der Waals surface area (Å²) in [7, 11) is 0. The molecule has 1 atom stereocenters. The highest BCUT2D eigenvalue weighted by Crippen LogP contribution is 2.12. The van der Waals surface area contributed by atoms with E-state index in [1.807, 2.05) is 0 Å². The van der Waals surface area contributed by atoms with Crippen LogP contribution in [0.4, 0.5) is 0 Å². The first kappa shape index (κ1) is 5.06. The number of hydrogen-bond donors (Lipinski definition) is 1. The fourth-order valence-corrected chi connectivity index (χ4v) is 0.563. The fourth-order valence-electron chi connectivity index (χ4n) is 0.563. The van der Waals surface area contributed by atoms with Gasteiger partial charge in [0, 0.05) is 0 Å². The molecule has 0 aromatic carbocycles. The number of hydrogen-bond acceptors (Lipinski definition) is 2. The Bertz CT molecular complexity index is 48.0. The molecule has 1 saturated heterocycles. The number of aliphatic hydroxyl groups excluding tert-OH is 1. The summed E-state index contributed by atoms with van der Waals surface area (Å²) in [6, 6.07) is 0. The Morgan fingerprint density at radius 3 is 2.86 bits per heavy atom. The molecule has 1 rings (SSSR count). The van der Waals surface area contributed by atoms with Crippen LogP contribution in [0.1, 0.15) is 19.3 Å². The first-order valence-corrected chi connectivity index (χ1v) is 2.46. The monoisotopic (exact) mass is 100 g/mol. The van der Waals surface area contributed by atoms with Gasteiger partial charge in [0.1, 0.15) is 6.61 Å². The number of aliphatic hydroxyl groups is 1. The van der Waals surface area contributed by atoms with Crippen LogP contribution in [0.3, 0.4) is 0 Å². The normalized spacial score (nSPS) is 33.0. The third kappa shape index (κ3) is 1.45. The molecule has 0 spiro atoms. The molecule has 1 fully saturated rings. The van der Waals surface area contributed by atoms with Crippen molar-refractivity contribution in [3.8, 4) is 0 Å². The van der Waals surface area contributed by atoms with Crippen LogP contribution in [-0.2, 0) is 4.74 Å². The van der Waals surface area contributed by atoms with Crippen molar-refractivity contribution < 1.29 is 9.84 Å². The average Bonchev–Trinajstić information content (AvgIpc) is 1.69. The Morgan fingerprint density at radius 1 is 1.71 bits per heavy atom. The van der Waals surface area contributed by atoms with E-state index >= 15 is 0 Å². The summed E-state index contributed by atoms with van der Waals surface area (Å²) in [5, 5.41) is 8.62. The lowest BCUT2D eigenvalue weighted by Crippen LogP contribution is -2.14. The Hall–Kier alpha value is -0.0800. The number of rotatable bonds is 0. The molecular formula is C5H8O2. The Labute approximate surface area is 43.1 Å². The molecule has 0 aromatic heterocycles. The molecule has 0 aromatic rings. The highest BCUT2D eigenvalue weighted by atomic mass is 16.6. The van der Waals surface area contributed by atoms with E-state index in [0.717, 1.165) is 19.3 Å². The summed E-state index contributed by atoms with van der Waals surface area (Å²) in [6.45, 7) is 2.58. The van der Waals surface area contributed by atoms with Crippen LogP contribution in [0.2, 0.25) is 0 Å². The molecule has 0 bridgehead atoms. The lowest BCUT2D eigenvalue weighted by molar-refractivity contribution is -0.0942. The lowest BCUT2D eigenvalue weighted by atomic mass is 10.2. The van der Waals surface area contributed by atoms with Crippen LogP contribution in [-0.4, -0.2) is 11.4 Å². The van der Waals surface area contributed by atoms with E-state index in [4.69, 9.17) is 5.11 Å². The van der Waals surface area contributed by atoms with Crippen molar-refractivity contribution in [2.45, 2.75) is 25.6 Å². The first-order valence-electron chi connectivity index (χ1n) is 2.46. The average molecular weight is 100 g/mol. The van der Waals surface area contributed by atoms with E-state index in [-0.39, 0.29) is 0 Å². The second-order valence-corrected chi connectivity index (χ2v) is 1.61. The van der Waals surface area contributed by atoms with E-state index in [1.54, 1.807) is 0 Å². The van der Waals surface area contributed by atoms with Gasteiger partial charge in [0.25, 0.3) is 0 Å². The van der Waals surface area contributed by atoms with Crippen molar-refractivity contribution in [1.29, 1.82) is 0 Å². The molecule has 0 amide bonds. The molecule has 40 valence electrons. The molecule has 2 radical (unpaired) electrons. The summed E-state index contributed by atoms with van der Waals surface area (Å²) < 4.78 is 4.58. The predicted molar refractivity (Wildman–Crippen MR) is 24.2 cm³/mol. The SMILES string of the molecule is OC1CCC[C]O1. The fraction of sp³-hybridized carbons (Fsp3) is 0.800. The van der Waals surface area contributed by atoms with Gasteiger partial charge in [0.2, 0.25) is 0 Å². The minimum atomic E-state index is -0.575. The Morgan fingerprint density at radius 2 is 2.57 bits per heavy atom. The maximum absolute atomic E-state index is 8.62. The van der Waals surface area contributed by atoms with Crippen LogP contribution in [0.5, 0.6) is 0 Å². The first-order chi connectivity index (χ1) is 3.39. The predicted octanol–water partition coefficient (Wildman–Crippen LogP) is 0.544. The second-order valence-electron chi connectivity index (χ2n) is 1.61. The summed E-state index contributed by atoms with van der Waals surface area (Å²) in [5.41, 5.74) is 0. The molecule has 1 aliphatic heterocycles. The molecule has 2 nitrogen and oxygen atoms in total. The quantitative estimate of drug-likeness (QED) is 0.481. The summed E-state index contributed by atoms with van der Waals surface area (Å²) in [4.78, 5) is 0. The smallest absolute Gasteiger partial charge is 0.155 e. The molecule has 1 heterocycles. The van der Waals surface area contributed by atoms with Crippen molar-refractivity contribution in [2.75, 3.05) is 0 Å². The van der Waals surface area contributed by atoms with Crippen molar-refractivity contribution in [2.24, 2.45) is 0 Å². The zero-order valence-electron chi connectivity index (χ0n) is 4.05. The molecular weight excluding hydrogens is 92.1 g/mol. The largest absolute Gasteiger partial charge is 0.368 e. The summed E-state index contributed by atoms with van der Waals surface area (Å²) >= 11 is 0.